The standard InChI is InChI=1S/C17H23NO4/c1-11(12-4-7-15(22-2)8-5-12)9-16(19)18-14-6-3-13(10-14)17(20)21/h4-5,7-8,11,13-14H,3,6,9-10H2,1-2H3,(H,18,19)(H,20,21)/t11?,13-,14+/m1/s1. The van der Waals surface area contributed by atoms with Gasteiger partial charge in [0, 0.05) is 12.5 Å². The van der Waals surface area contributed by atoms with Crippen molar-refractivity contribution in [3.05, 3.63) is 29.8 Å². The summed E-state index contributed by atoms with van der Waals surface area (Å²) in [6.45, 7) is 2.01. The highest BCUT2D eigenvalue weighted by Crippen LogP contribution is 2.26. The zero-order valence-electron chi connectivity index (χ0n) is 13.0. The third-order valence-electron chi connectivity index (χ3n) is 4.32. The maximum atomic E-state index is 12.1. The van der Waals surface area contributed by atoms with Crippen LogP contribution in [0, 0.1) is 5.92 Å². The summed E-state index contributed by atoms with van der Waals surface area (Å²) < 4.78 is 5.12. The molecule has 0 spiro atoms. The molecule has 1 saturated carbocycles. The number of carboxylic acids is 1. The molecule has 0 bridgehead atoms. The van der Waals surface area contributed by atoms with Crippen LogP contribution in [0.25, 0.3) is 0 Å². The monoisotopic (exact) mass is 305 g/mol. The molecule has 1 aliphatic carbocycles. The molecule has 0 saturated heterocycles. The van der Waals surface area contributed by atoms with Gasteiger partial charge in [0.05, 0.1) is 13.0 Å². The Labute approximate surface area is 130 Å². The van der Waals surface area contributed by atoms with Crippen LogP contribution in [0.3, 0.4) is 0 Å². The number of amides is 1. The van der Waals surface area contributed by atoms with Gasteiger partial charge in [0.2, 0.25) is 5.91 Å². The number of hydrogen-bond donors (Lipinski definition) is 2. The van der Waals surface area contributed by atoms with Gasteiger partial charge in [0.15, 0.2) is 0 Å². The highest BCUT2D eigenvalue weighted by molar-refractivity contribution is 5.77. The van der Waals surface area contributed by atoms with Crippen LogP contribution < -0.4 is 10.1 Å². The molecule has 2 rings (SSSR count). The van der Waals surface area contributed by atoms with E-state index in [9.17, 15) is 9.59 Å². The number of carboxylic acid groups (broad SMARTS) is 1. The molecule has 0 aromatic heterocycles. The number of nitrogens with one attached hydrogen (secondary N) is 1. The predicted molar refractivity (Wildman–Crippen MR) is 82.9 cm³/mol. The number of carbonyl (C=O) groups is 2. The highest BCUT2D eigenvalue weighted by atomic mass is 16.5. The molecule has 0 aliphatic heterocycles. The summed E-state index contributed by atoms with van der Waals surface area (Å²) in [4.78, 5) is 23.0. The molecule has 22 heavy (non-hydrogen) atoms. The molecule has 1 aromatic rings. The smallest absolute Gasteiger partial charge is 0.306 e. The van der Waals surface area contributed by atoms with Crippen LogP contribution >= 0.6 is 0 Å². The van der Waals surface area contributed by atoms with Crippen LogP contribution in [0.1, 0.15) is 44.1 Å². The van der Waals surface area contributed by atoms with Crippen LogP contribution in [-0.2, 0) is 9.59 Å². The number of aliphatic carboxylic acids is 1. The fraction of sp³-hybridized carbons (Fsp3) is 0.529. The van der Waals surface area contributed by atoms with E-state index in [4.69, 9.17) is 9.84 Å². The molecular weight excluding hydrogens is 282 g/mol. The second kappa shape index (κ2) is 7.29. The van der Waals surface area contributed by atoms with Crippen molar-refractivity contribution in [2.45, 2.75) is 44.6 Å². The summed E-state index contributed by atoms with van der Waals surface area (Å²) in [5.41, 5.74) is 1.09. The molecule has 1 aromatic carbocycles. The number of ether oxygens (including phenoxy) is 1. The lowest BCUT2D eigenvalue weighted by Gasteiger charge is -2.16. The van der Waals surface area contributed by atoms with E-state index < -0.39 is 5.97 Å². The Morgan fingerprint density at radius 1 is 1.32 bits per heavy atom. The van der Waals surface area contributed by atoms with Crippen molar-refractivity contribution in [1.29, 1.82) is 0 Å². The number of rotatable bonds is 6. The van der Waals surface area contributed by atoms with Gasteiger partial charge in [-0.2, -0.15) is 0 Å². The Bertz CT molecular complexity index is 526. The molecule has 1 amide bonds. The minimum Gasteiger partial charge on any atom is -0.497 e. The normalized spacial score (nSPS) is 22.1. The maximum Gasteiger partial charge on any atom is 0.306 e. The molecule has 2 N–H and O–H groups in total. The first kappa shape index (κ1) is 16.3. The minimum atomic E-state index is -0.761. The van der Waals surface area contributed by atoms with Gasteiger partial charge in [-0.25, -0.2) is 0 Å². The maximum absolute atomic E-state index is 12.1. The average Bonchev–Trinajstić information content (AvgIpc) is 2.95. The van der Waals surface area contributed by atoms with E-state index in [0.29, 0.717) is 19.3 Å². The first-order valence-corrected chi connectivity index (χ1v) is 7.65. The van der Waals surface area contributed by atoms with E-state index in [-0.39, 0.29) is 23.8 Å². The van der Waals surface area contributed by atoms with Crippen molar-refractivity contribution >= 4 is 11.9 Å². The average molecular weight is 305 g/mol. The van der Waals surface area contributed by atoms with Gasteiger partial charge in [-0.1, -0.05) is 19.1 Å². The minimum absolute atomic E-state index is 0.00309. The summed E-state index contributed by atoms with van der Waals surface area (Å²) in [5, 5.41) is 11.9. The second-order valence-corrected chi connectivity index (χ2v) is 5.99. The predicted octanol–water partition coefficient (Wildman–Crippen LogP) is 2.56. The van der Waals surface area contributed by atoms with E-state index in [1.54, 1.807) is 7.11 Å². The Balaban J connectivity index is 1.82. The Kier molecular flexibility index (Phi) is 5.41. The van der Waals surface area contributed by atoms with E-state index in [2.05, 4.69) is 5.32 Å². The summed E-state index contributed by atoms with van der Waals surface area (Å²) in [6.07, 6.45) is 2.34. The fourth-order valence-electron chi connectivity index (χ4n) is 2.95. The van der Waals surface area contributed by atoms with Gasteiger partial charge in [-0.15, -0.1) is 0 Å². The second-order valence-electron chi connectivity index (χ2n) is 5.99. The summed E-state index contributed by atoms with van der Waals surface area (Å²) in [7, 11) is 1.62. The van der Waals surface area contributed by atoms with Crippen molar-refractivity contribution in [2.24, 2.45) is 5.92 Å². The third kappa shape index (κ3) is 4.23. The highest BCUT2D eigenvalue weighted by Gasteiger charge is 2.30. The van der Waals surface area contributed by atoms with Crippen LogP contribution in [0.5, 0.6) is 5.75 Å². The summed E-state index contributed by atoms with van der Waals surface area (Å²) in [6, 6.07) is 7.70. The van der Waals surface area contributed by atoms with Gasteiger partial charge < -0.3 is 15.2 Å². The van der Waals surface area contributed by atoms with Gasteiger partial charge in [-0.3, -0.25) is 9.59 Å². The van der Waals surface area contributed by atoms with Crippen LogP contribution in [0.2, 0.25) is 0 Å². The van der Waals surface area contributed by atoms with E-state index in [1.165, 1.54) is 0 Å². The molecule has 120 valence electrons. The first-order chi connectivity index (χ1) is 10.5. The number of benzene rings is 1. The van der Waals surface area contributed by atoms with E-state index in [1.807, 2.05) is 31.2 Å². The van der Waals surface area contributed by atoms with Crippen molar-refractivity contribution in [2.75, 3.05) is 7.11 Å². The van der Waals surface area contributed by atoms with Crippen LogP contribution in [0.4, 0.5) is 0 Å². The van der Waals surface area contributed by atoms with Crippen molar-refractivity contribution < 1.29 is 19.4 Å². The lowest BCUT2D eigenvalue weighted by Crippen LogP contribution is -2.33. The van der Waals surface area contributed by atoms with Gasteiger partial charge >= 0.3 is 5.97 Å². The molecule has 5 nitrogen and oxygen atoms in total. The lowest BCUT2D eigenvalue weighted by atomic mass is 9.97. The number of hydrogen-bond acceptors (Lipinski definition) is 3. The van der Waals surface area contributed by atoms with Crippen LogP contribution in [-0.4, -0.2) is 30.1 Å². The van der Waals surface area contributed by atoms with Crippen molar-refractivity contribution in [3.8, 4) is 5.75 Å². The van der Waals surface area contributed by atoms with E-state index in [0.717, 1.165) is 17.7 Å². The Hall–Kier alpha value is -2.04. The molecule has 1 aliphatic rings. The summed E-state index contributed by atoms with van der Waals surface area (Å²) >= 11 is 0. The number of carbonyl (C=O) groups excluding carboxylic acids is 1. The van der Waals surface area contributed by atoms with Crippen LogP contribution in [0.15, 0.2) is 24.3 Å². The molecule has 5 heteroatoms. The topological polar surface area (TPSA) is 75.6 Å². The molecular formula is C17H23NO4. The zero-order chi connectivity index (χ0) is 16.1. The van der Waals surface area contributed by atoms with Gasteiger partial charge in [-0.05, 0) is 42.9 Å². The zero-order valence-corrected chi connectivity index (χ0v) is 13.0. The molecule has 0 heterocycles. The lowest BCUT2D eigenvalue weighted by molar-refractivity contribution is -0.141. The van der Waals surface area contributed by atoms with E-state index >= 15 is 0 Å². The molecule has 1 unspecified atom stereocenters. The van der Waals surface area contributed by atoms with Crippen molar-refractivity contribution in [3.63, 3.8) is 0 Å². The SMILES string of the molecule is COc1ccc(C(C)CC(=O)N[C@H]2CC[C@@H](C(=O)O)C2)cc1. The largest absolute Gasteiger partial charge is 0.497 e. The van der Waals surface area contributed by atoms with Gasteiger partial charge in [0.1, 0.15) is 5.75 Å². The Morgan fingerprint density at radius 3 is 2.55 bits per heavy atom. The third-order valence-corrected chi connectivity index (χ3v) is 4.32. The molecule has 3 atom stereocenters. The first-order valence-electron chi connectivity index (χ1n) is 7.65. The van der Waals surface area contributed by atoms with Crippen molar-refractivity contribution in [1.82, 2.24) is 5.32 Å². The quantitative estimate of drug-likeness (QED) is 0.847. The van der Waals surface area contributed by atoms with Gasteiger partial charge in [0.25, 0.3) is 0 Å². The molecule has 0 radical (unpaired) electrons. The fourth-order valence-corrected chi connectivity index (χ4v) is 2.95. The number of methoxy groups -OCH3 is 1. The molecule has 1 fully saturated rings. The Morgan fingerprint density at radius 2 is 2.00 bits per heavy atom. The summed E-state index contributed by atoms with van der Waals surface area (Å²) in [5.74, 6) is -0.180.